The largest absolute Gasteiger partial charge is 0.375 e. The number of hydrogen-bond donors (Lipinski definition) is 2. The summed E-state index contributed by atoms with van der Waals surface area (Å²) in [6.45, 7) is 1.33. The van der Waals surface area contributed by atoms with Crippen LogP contribution in [-0.2, 0) is 11.3 Å². The summed E-state index contributed by atoms with van der Waals surface area (Å²) in [6.07, 6.45) is 5.83. The van der Waals surface area contributed by atoms with Gasteiger partial charge in [0, 0.05) is 12.6 Å². The summed E-state index contributed by atoms with van der Waals surface area (Å²) in [4.78, 5) is 11.7. The molecule has 1 saturated carbocycles. The van der Waals surface area contributed by atoms with Crippen molar-refractivity contribution in [3.05, 3.63) is 35.6 Å². The van der Waals surface area contributed by atoms with Crippen molar-refractivity contribution >= 4 is 6.03 Å². The fraction of sp³-hybridized carbons (Fsp3) is 0.562. The number of hydrogen-bond acceptors (Lipinski definition) is 2. The average Bonchev–Trinajstić information content (AvgIpc) is 2.50. The second kappa shape index (κ2) is 8.62. The van der Waals surface area contributed by atoms with Crippen molar-refractivity contribution in [2.75, 3.05) is 13.2 Å². The lowest BCUT2D eigenvalue weighted by atomic mass is 9.96. The van der Waals surface area contributed by atoms with Crippen molar-refractivity contribution in [2.45, 2.75) is 44.8 Å². The van der Waals surface area contributed by atoms with Gasteiger partial charge in [0.1, 0.15) is 5.82 Å². The van der Waals surface area contributed by atoms with E-state index in [1.165, 1.54) is 31.4 Å². The van der Waals surface area contributed by atoms with E-state index >= 15 is 0 Å². The first-order valence-electron chi connectivity index (χ1n) is 7.60. The summed E-state index contributed by atoms with van der Waals surface area (Å²) in [7, 11) is 0. The molecule has 0 aromatic heterocycles. The van der Waals surface area contributed by atoms with Gasteiger partial charge in [-0.05, 0) is 30.5 Å². The maximum Gasteiger partial charge on any atom is 0.315 e. The van der Waals surface area contributed by atoms with Gasteiger partial charge in [0.25, 0.3) is 0 Å². The molecule has 0 aliphatic heterocycles. The van der Waals surface area contributed by atoms with Gasteiger partial charge in [-0.2, -0.15) is 0 Å². The number of amides is 2. The van der Waals surface area contributed by atoms with E-state index in [0.717, 1.165) is 18.4 Å². The van der Waals surface area contributed by atoms with E-state index in [4.69, 9.17) is 4.74 Å². The number of halogens is 1. The van der Waals surface area contributed by atoms with Crippen LogP contribution in [0.3, 0.4) is 0 Å². The van der Waals surface area contributed by atoms with Crippen molar-refractivity contribution in [3.63, 3.8) is 0 Å². The molecule has 2 amide bonds. The standard InChI is InChI=1S/C16H23FN2O2/c17-14-8-6-13(7-9-14)12-21-11-10-18-16(20)19-15-4-2-1-3-5-15/h6-9,15H,1-5,10-12H2,(H2,18,19,20). The first-order chi connectivity index (χ1) is 10.2. The van der Waals surface area contributed by atoms with Crippen LogP contribution in [0, 0.1) is 5.82 Å². The van der Waals surface area contributed by atoms with Crippen LogP contribution < -0.4 is 10.6 Å². The van der Waals surface area contributed by atoms with Crippen LogP contribution in [0.15, 0.2) is 24.3 Å². The van der Waals surface area contributed by atoms with Gasteiger partial charge in [0.2, 0.25) is 0 Å². The van der Waals surface area contributed by atoms with E-state index < -0.39 is 0 Å². The van der Waals surface area contributed by atoms with Crippen molar-refractivity contribution in [3.8, 4) is 0 Å². The molecule has 0 spiro atoms. The SMILES string of the molecule is O=C(NCCOCc1ccc(F)cc1)NC1CCCCC1. The van der Waals surface area contributed by atoms with Crippen LogP contribution in [0.1, 0.15) is 37.7 Å². The van der Waals surface area contributed by atoms with E-state index in [9.17, 15) is 9.18 Å². The van der Waals surface area contributed by atoms with Crippen LogP contribution in [0.5, 0.6) is 0 Å². The highest BCUT2D eigenvalue weighted by molar-refractivity contribution is 5.74. The third-order valence-electron chi connectivity index (χ3n) is 3.65. The summed E-state index contributed by atoms with van der Waals surface area (Å²) in [6, 6.07) is 6.41. The monoisotopic (exact) mass is 294 g/mol. The molecule has 1 aromatic carbocycles. The molecule has 1 aliphatic rings. The van der Waals surface area contributed by atoms with Crippen molar-refractivity contribution < 1.29 is 13.9 Å². The molecule has 5 heteroatoms. The van der Waals surface area contributed by atoms with Crippen LogP contribution in [0.25, 0.3) is 0 Å². The van der Waals surface area contributed by atoms with Crippen LogP contribution in [0.2, 0.25) is 0 Å². The summed E-state index contributed by atoms with van der Waals surface area (Å²) in [5.41, 5.74) is 0.919. The molecule has 0 radical (unpaired) electrons. The lowest BCUT2D eigenvalue weighted by Gasteiger charge is -2.22. The molecule has 1 aromatic rings. The van der Waals surface area contributed by atoms with Crippen LogP contribution in [0.4, 0.5) is 9.18 Å². The minimum Gasteiger partial charge on any atom is -0.375 e. The number of nitrogens with one attached hydrogen (secondary N) is 2. The van der Waals surface area contributed by atoms with Gasteiger partial charge in [-0.3, -0.25) is 0 Å². The number of ether oxygens (including phenoxy) is 1. The molecule has 0 heterocycles. The number of rotatable bonds is 6. The van der Waals surface area contributed by atoms with Crippen LogP contribution in [-0.4, -0.2) is 25.2 Å². The first kappa shape index (κ1) is 15.8. The number of benzene rings is 1. The third-order valence-corrected chi connectivity index (χ3v) is 3.65. The maximum atomic E-state index is 12.7. The van der Waals surface area contributed by atoms with Gasteiger partial charge in [-0.1, -0.05) is 31.4 Å². The minimum atomic E-state index is -0.250. The second-order valence-electron chi connectivity index (χ2n) is 5.41. The predicted molar refractivity (Wildman–Crippen MR) is 79.5 cm³/mol. The zero-order valence-electron chi connectivity index (χ0n) is 12.2. The minimum absolute atomic E-state index is 0.118. The van der Waals surface area contributed by atoms with Crippen LogP contribution >= 0.6 is 0 Å². The molecule has 0 saturated heterocycles. The van der Waals surface area contributed by atoms with E-state index in [1.54, 1.807) is 12.1 Å². The van der Waals surface area contributed by atoms with Gasteiger partial charge in [-0.15, -0.1) is 0 Å². The summed E-state index contributed by atoms with van der Waals surface area (Å²) >= 11 is 0. The summed E-state index contributed by atoms with van der Waals surface area (Å²) < 4.78 is 18.2. The Morgan fingerprint density at radius 2 is 1.90 bits per heavy atom. The number of urea groups is 1. The Bertz CT molecular complexity index is 430. The molecule has 2 N–H and O–H groups in total. The molecule has 0 bridgehead atoms. The Hall–Kier alpha value is -1.62. The highest BCUT2D eigenvalue weighted by Crippen LogP contribution is 2.17. The van der Waals surface area contributed by atoms with Crippen molar-refractivity contribution in [2.24, 2.45) is 0 Å². The number of carbonyl (C=O) groups is 1. The predicted octanol–water partition coefficient (Wildman–Crippen LogP) is 2.97. The van der Waals surface area contributed by atoms with Gasteiger partial charge < -0.3 is 15.4 Å². The van der Waals surface area contributed by atoms with E-state index in [0.29, 0.717) is 25.8 Å². The molecule has 1 fully saturated rings. The smallest absolute Gasteiger partial charge is 0.315 e. The van der Waals surface area contributed by atoms with Gasteiger partial charge in [0.05, 0.1) is 13.2 Å². The van der Waals surface area contributed by atoms with Gasteiger partial charge >= 0.3 is 6.03 Å². The molecular weight excluding hydrogens is 271 g/mol. The molecule has 116 valence electrons. The van der Waals surface area contributed by atoms with Crippen molar-refractivity contribution in [1.82, 2.24) is 10.6 Å². The molecule has 4 nitrogen and oxygen atoms in total. The average molecular weight is 294 g/mol. The Balaban J connectivity index is 1.52. The highest BCUT2D eigenvalue weighted by Gasteiger charge is 2.14. The quantitative estimate of drug-likeness (QED) is 0.793. The molecule has 0 atom stereocenters. The second-order valence-corrected chi connectivity index (χ2v) is 5.41. The normalized spacial score (nSPS) is 15.7. The molecule has 1 aliphatic carbocycles. The Kier molecular flexibility index (Phi) is 6.47. The van der Waals surface area contributed by atoms with Crippen molar-refractivity contribution in [1.29, 1.82) is 0 Å². The van der Waals surface area contributed by atoms with Gasteiger partial charge in [0.15, 0.2) is 0 Å². The molecule has 0 unspecified atom stereocenters. The fourth-order valence-corrected chi connectivity index (χ4v) is 2.49. The van der Waals surface area contributed by atoms with E-state index in [-0.39, 0.29) is 11.8 Å². The molecular formula is C16H23FN2O2. The first-order valence-corrected chi connectivity index (χ1v) is 7.60. The zero-order chi connectivity index (χ0) is 14.9. The Morgan fingerprint density at radius 1 is 1.19 bits per heavy atom. The molecule has 2 rings (SSSR count). The lowest BCUT2D eigenvalue weighted by molar-refractivity contribution is 0.123. The topological polar surface area (TPSA) is 50.4 Å². The lowest BCUT2D eigenvalue weighted by Crippen LogP contribution is -2.43. The third kappa shape index (κ3) is 6.12. The fourth-order valence-electron chi connectivity index (χ4n) is 2.49. The Labute approximate surface area is 125 Å². The van der Waals surface area contributed by atoms with E-state index in [1.807, 2.05) is 0 Å². The Morgan fingerprint density at radius 3 is 2.62 bits per heavy atom. The summed E-state index contributed by atoms with van der Waals surface area (Å²) in [5.74, 6) is -0.250. The number of carbonyl (C=O) groups excluding carboxylic acids is 1. The summed E-state index contributed by atoms with van der Waals surface area (Å²) in [5, 5.41) is 5.78. The maximum absolute atomic E-state index is 12.7. The zero-order valence-corrected chi connectivity index (χ0v) is 12.2. The van der Waals surface area contributed by atoms with Gasteiger partial charge in [-0.25, -0.2) is 9.18 Å². The molecule has 21 heavy (non-hydrogen) atoms. The highest BCUT2D eigenvalue weighted by atomic mass is 19.1. The van der Waals surface area contributed by atoms with E-state index in [2.05, 4.69) is 10.6 Å².